The molecule has 0 saturated carbocycles. The zero-order valence-corrected chi connectivity index (χ0v) is 13.3. The van der Waals surface area contributed by atoms with Gasteiger partial charge in [0.05, 0.1) is 12.5 Å². The molecular weight excluding hydrogens is 297 g/mol. The number of halogens is 1. The third-order valence-electron chi connectivity index (χ3n) is 4.11. The molecule has 2 rings (SSSR count). The molecule has 1 saturated heterocycles. The Morgan fingerprint density at radius 2 is 2.04 bits per heavy atom. The van der Waals surface area contributed by atoms with Crippen LogP contribution in [-0.4, -0.2) is 42.9 Å². The molecule has 1 fully saturated rings. The standard InChI is InChI=1S/C17H24FN3O2/c18-15-7-5-13(6-8-15)3-1-9-20-17(23)14-4-2-10-21(11-14)12-16(19)22/h5-8,14H,1-4,9-12H2,(H2,19,22)(H,20,23). The number of carbonyl (C=O) groups is 2. The van der Waals surface area contributed by atoms with Crippen molar-refractivity contribution in [3.63, 3.8) is 0 Å². The van der Waals surface area contributed by atoms with Crippen molar-refractivity contribution in [3.05, 3.63) is 35.6 Å². The van der Waals surface area contributed by atoms with Crippen molar-refractivity contribution in [2.24, 2.45) is 11.7 Å². The molecule has 5 nitrogen and oxygen atoms in total. The van der Waals surface area contributed by atoms with Gasteiger partial charge in [-0.3, -0.25) is 14.5 Å². The molecule has 0 aliphatic carbocycles. The van der Waals surface area contributed by atoms with E-state index in [0.29, 0.717) is 13.1 Å². The molecule has 0 radical (unpaired) electrons. The van der Waals surface area contributed by atoms with Crippen LogP contribution in [0.15, 0.2) is 24.3 Å². The Kier molecular flexibility index (Phi) is 6.52. The Bertz CT molecular complexity index is 533. The van der Waals surface area contributed by atoms with Crippen LogP contribution >= 0.6 is 0 Å². The molecule has 1 aliphatic rings. The summed E-state index contributed by atoms with van der Waals surface area (Å²) in [6.07, 6.45) is 3.37. The van der Waals surface area contributed by atoms with Crippen molar-refractivity contribution < 1.29 is 14.0 Å². The second-order valence-corrected chi connectivity index (χ2v) is 6.06. The minimum Gasteiger partial charge on any atom is -0.369 e. The molecule has 0 bridgehead atoms. The average molecular weight is 321 g/mol. The molecule has 1 atom stereocenters. The zero-order chi connectivity index (χ0) is 16.7. The number of rotatable bonds is 7. The lowest BCUT2D eigenvalue weighted by Gasteiger charge is -2.30. The first-order chi connectivity index (χ1) is 11.0. The van der Waals surface area contributed by atoms with E-state index in [1.165, 1.54) is 12.1 Å². The highest BCUT2D eigenvalue weighted by molar-refractivity contribution is 5.79. The molecular formula is C17H24FN3O2. The fourth-order valence-electron chi connectivity index (χ4n) is 2.93. The molecule has 1 aromatic carbocycles. The summed E-state index contributed by atoms with van der Waals surface area (Å²) in [5.74, 6) is -0.627. The number of hydrogen-bond acceptors (Lipinski definition) is 3. The summed E-state index contributed by atoms with van der Waals surface area (Å²) < 4.78 is 12.8. The summed E-state index contributed by atoms with van der Waals surface area (Å²) in [5, 5.41) is 2.95. The van der Waals surface area contributed by atoms with Crippen LogP contribution in [0.2, 0.25) is 0 Å². The molecule has 0 aromatic heterocycles. The number of aryl methyl sites for hydroxylation is 1. The maximum atomic E-state index is 12.8. The second kappa shape index (κ2) is 8.62. The van der Waals surface area contributed by atoms with E-state index < -0.39 is 0 Å². The van der Waals surface area contributed by atoms with Gasteiger partial charge in [-0.2, -0.15) is 0 Å². The number of benzene rings is 1. The van der Waals surface area contributed by atoms with Gasteiger partial charge in [0.1, 0.15) is 5.82 Å². The van der Waals surface area contributed by atoms with Gasteiger partial charge in [-0.1, -0.05) is 12.1 Å². The van der Waals surface area contributed by atoms with Crippen LogP contribution in [0, 0.1) is 11.7 Å². The maximum Gasteiger partial charge on any atom is 0.231 e. The number of nitrogens with one attached hydrogen (secondary N) is 1. The Morgan fingerprint density at radius 3 is 2.74 bits per heavy atom. The van der Waals surface area contributed by atoms with Crippen molar-refractivity contribution in [1.82, 2.24) is 10.2 Å². The molecule has 1 unspecified atom stereocenters. The van der Waals surface area contributed by atoms with Gasteiger partial charge in [-0.25, -0.2) is 4.39 Å². The van der Waals surface area contributed by atoms with Gasteiger partial charge in [0, 0.05) is 13.1 Å². The van der Waals surface area contributed by atoms with Gasteiger partial charge in [-0.05, 0) is 49.9 Å². The SMILES string of the molecule is NC(=O)CN1CCCC(C(=O)NCCCc2ccc(F)cc2)C1. The second-order valence-electron chi connectivity index (χ2n) is 6.06. The Morgan fingerprint density at radius 1 is 1.30 bits per heavy atom. The normalized spacial score (nSPS) is 18.6. The third-order valence-corrected chi connectivity index (χ3v) is 4.11. The molecule has 1 aromatic rings. The number of amides is 2. The van der Waals surface area contributed by atoms with Crippen LogP contribution in [0.1, 0.15) is 24.8 Å². The number of piperidine rings is 1. The Balaban J connectivity index is 1.67. The van der Waals surface area contributed by atoms with E-state index in [9.17, 15) is 14.0 Å². The average Bonchev–Trinajstić information content (AvgIpc) is 2.52. The van der Waals surface area contributed by atoms with Crippen LogP contribution < -0.4 is 11.1 Å². The molecule has 3 N–H and O–H groups in total. The Labute approximate surface area is 136 Å². The van der Waals surface area contributed by atoms with E-state index in [4.69, 9.17) is 5.73 Å². The molecule has 23 heavy (non-hydrogen) atoms. The monoisotopic (exact) mass is 321 g/mol. The van der Waals surface area contributed by atoms with Crippen LogP contribution in [-0.2, 0) is 16.0 Å². The van der Waals surface area contributed by atoms with Gasteiger partial charge in [0.15, 0.2) is 0 Å². The first kappa shape index (κ1) is 17.4. The van der Waals surface area contributed by atoms with Gasteiger partial charge in [0.2, 0.25) is 11.8 Å². The van der Waals surface area contributed by atoms with E-state index in [1.807, 2.05) is 4.90 Å². The third kappa shape index (κ3) is 5.98. The van der Waals surface area contributed by atoms with Crippen molar-refractivity contribution in [2.75, 3.05) is 26.2 Å². The number of nitrogens with two attached hydrogens (primary N) is 1. The summed E-state index contributed by atoms with van der Waals surface area (Å²) >= 11 is 0. The lowest BCUT2D eigenvalue weighted by molar-refractivity contribution is -0.128. The summed E-state index contributed by atoms with van der Waals surface area (Å²) in [7, 11) is 0. The summed E-state index contributed by atoms with van der Waals surface area (Å²) in [5.41, 5.74) is 6.26. The van der Waals surface area contributed by atoms with Crippen LogP contribution in [0.5, 0.6) is 0 Å². The van der Waals surface area contributed by atoms with Crippen LogP contribution in [0.4, 0.5) is 4.39 Å². The molecule has 6 heteroatoms. The highest BCUT2D eigenvalue weighted by atomic mass is 19.1. The first-order valence-corrected chi connectivity index (χ1v) is 8.07. The van der Waals surface area contributed by atoms with E-state index >= 15 is 0 Å². The topological polar surface area (TPSA) is 75.4 Å². The van der Waals surface area contributed by atoms with E-state index in [1.54, 1.807) is 12.1 Å². The smallest absolute Gasteiger partial charge is 0.231 e. The van der Waals surface area contributed by atoms with Crippen molar-refractivity contribution in [1.29, 1.82) is 0 Å². The van der Waals surface area contributed by atoms with Gasteiger partial charge in [-0.15, -0.1) is 0 Å². The predicted molar refractivity (Wildman–Crippen MR) is 86.1 cm³/mol. The van der Waals surface area contributed by atoms with Crippen LogP contribution in [0.3, 0.4) is 0 Å². The number of carbonyl (C=O) groups excluding carboxylic acids is 2. The van der Waals surface area contributed by atoms with Gasteiger partial charge < -0.3 is 11.1 Å². The molecule has 2 amide bonds. The summed E-state index contributed by atoms with van der Waals surface area (Å²) in [6.45, 7) is 2.22. The van der Waals surface area contributed by atoms with Crippen molar-refractivity contribution in [2.45, 2.75) is 25.7 Å². The molecule has 0 spiro atoms. The lowest BCUT2D eigenvalue weighted by Crippen LogP contribution is -2.45. The largest absolute Gasteiger partial charge is 0.369 e. The van der Waals surface area contributed by atoms with E-state index in [0.717, 1.165) is 37.8 Å². The molecule has 126 valence electrons. The molecule has 1 aliphatic heterocycles. The fraction of sp³-hybridized carbons (Fsp3) is 0.529. The maximum absolute atomic E-state index is 12.8. The highest BCUT2D eigenvalue weighted by Gasteiger charge is 2.25. The lowest BCUT2D eigenvalue weighted by atomic mass is 9.97. The highest BCUT2D eigenvalue weighted by Crippen LogP contribution is 2.16. The van der Waals surface area contributed by atoms with Gasteiger partial charge in [0.25, 0.3) is 0 Å². The molecule has 1 heterocycles. The van der Waals surface area contributed by atoms with Gasteiger partial charge >= 0.3 is 0 Å². The van der Waals surface area contributed by atoms with E-state index in [-0.39, 0.29) is 30.1 Å². The van der Waals surface area contributed by atoms with Crippen LogP contribution in [0.25, 0.3) is 0 Å². The quantitative estimate of drug-likeness (QED) is 0.738. The predicted octanol–water partition coefficient (Wildman–Crippen LogP) is 1.07. The first-order valence-electron chi connectivity index (χ1n) is 8.07. The number of hydrogen-bond donors (Lipinski definition) is 2. The fourth-order valence-corrected chi connectivity index (χ4v) is 2.93. The minimum absolute atomic E-state index is 0.0401. The Hall–Kier alpha value is -1.95. The number of likely N-dealkylation sites (tertiary alicyclic amines) is 1. The van der Waals surface area contributed by atoms with Crippen molar-refractivity contribution in [3.8, 4) is 0 Å². The summed E-state index contributed by atoms with van der Waals surface area (Å²) in [4.78, 5) is 25.1. The zero-order valence-electron chi connectivity index (χ0n) is 13.3. The van der Waals surface area contributed by atoms with Crippen molar-refractivity contribution >= 4 is 11.8 Å². The number of primary amides is 1. The summed E-state index contributed by atoms with van der Waals surface area (Å²) in [6, 6.07) is 6.42. The minimum atomic E-state index is -0.356. The van der Waals surface area contributed by atoms with E-state index in [2.05, 4.69) is 5.32 Å². The number of nitrogens with zero attached hydrogens (tertiary/aromatic N) is 1.